The van der Waals surface area contributed by atoms with Crippen LogP contribution in [0.4, 0.5) is 18.9 Å². The van der Waals surface area contributed by atoms with E-state index in [1.54, 1.807) is 29.2 Å². The Morgan fingerprint density at radius 3 is 2.21 bits per heavy atom. The van der Waals surface area contributed by atoms with Crippen LogP contribution in [0.3, 0.4) is 0 Å². The monoisotopic (exact) mass is 392 g/mol. The number of anilines is 1. The first-order valence-corrected chi connectivity index (χ1v) is 8.98. The molecule has 1 saturated heterocycles. The number of rotatable bonds is 4. The topological polar surface area (TPSA) is 53.9 Å². The van der Waals surface area contributed by atoms with Gasteiger partial charge in [-0.2, -0.15) is 13.2 Å². The van der Waals surface area contributed by atoms with Crippen LogP contribution < -0.4 is 10.2 Å². The van der Waals surface area contributed by atoms with Gasteiger partial charge in [-0.25, -0.2) is 0 Å². The average Bonchev–Trinajstić information content (AvgIpc) is 2.68. The maximum absolute atomic E-state index is 13.0. The Hall–Kier alpha value is -2.87. The number of alkyl halides is 3. The van der Waals surface area contributed by atoms with E-state index in [-0.39, 0.29) is 18.1 Å². The van der Waals surface area contributed by atoms with Crippen LogP contribution in [0.2, 0.25) is 0 Å². The van der Waals surface area contributed by atoms with E-state index in [9.17, 15) is 22.8 Å². The van der Waals surface area contributed by atoms with Crippen molar-refractivity contribution in [3.05, 3.63) is 65.7 Å². The third-order valence-electron chi connectivity index (χ3n) is 4.70. The summed E-state index contributed by atoms with van der Waals surface area (Å²) in [4.78, 5) is 27.3. The van der Waals surface area contributed by atoms with E-state index in [2.05, 4.69) is 5.32 Å². The first kappa shape index (κ1) is 19.9. The van der Waals surface area contributed by atoms with Crippen LogP contribution in [0, 0.1) is 0 Å². The van der Waals surface area contributed by atoms with E-state index < -0.39 is 17.6 Å². The molecule has 28 heavy (non-hydrogen) atoms. The third-order valence-corrected chi connectivity index (χ3v) is 4.70. The molecule has 0 saturated carbocycles. The van der Waals surface area contributed by atoms with Crippen molar-refractivity contribution < 1.29 is 27.7 Å². The summed E-state index contributed by atoms with van der Waals surface area (Å²) >= 11 is 0. The van der Waals surface area contributed by atoms with Gasteiger partial charge < -0.3 is 15.1 Å². The highest BCUT2D eigenvalue weighted by molar-refractivity contribution is 5.94. The number of hydrogen-bond acceptors (Lipinski definition) is 2. The summed E-state index contributed by atoms with van der Waals surface area (Å²) in [5.74, 6) is -0.530. The molecule has 0 aromatic heterocycles. The quantitative estimate of drug-likeness (QED) is 0.832. The molecule has 1 fully saturated rings. The minimum Gasteiger partial charge on any atom is -0.327 e. The number of hydrogen-bond donors (Lipinski definition) is 2. The predicted molar refractivity (Wildman–Crippen MR) is 98.0 cm³/mol. The molecule has 2 N–H and O–H groups in total. The van der Waals surface area contributed by atoms with Crippen LogP contribution in [-0.4, -0.2) is 49.4 Å². The second kappa shape index (κ2) is 8.43. The smallest absolute Gasteiger partial charge is 0.327 e. The summed E-state index contributed by atoms with van der Waals surface area (Å²) in [5.41, 5.74) is -0.485. The maximum atomic E-state index is 13.0. The molecule has 1 heterocycles. The van der Waals surface area contributed by atoms with Crippen molar-refractivity contribution in [1.29, 1.82) is 0 Å². The number of halogens is 3. The SMILES string of the molecule is O=C(C[NH+]1CCN(C(=O)c2ccccc2)CC1)Nc1ccccc1C(F)(F)F. The third kappa shape index (κ3) is 4.89. The second-order valence-electron chi connectivity index (χ2n) is 6.68. The number of carbonyl (C=O) groups is 2. The molecule has 0 atom stereocenters. The van der Waals surface area contributed by atoms with Gasteiger partial charge in [0.25, 0.3) is 11.8 Å². The molecule has 1 aliphatic rings. The Balaban J connectivity index is 1.53. The van der Waals surface area contributed by atoms with Gasteiger partial charge in [0.05, 0.1) is 37.4 Å². The van der Waals surface area contributed by atoms with Crippen molar-refractivity contribution in [2.24, 2.45) is 0 Å². The zero-order chi connectivity index (χ0) is 20.1. The van der Waals surface area contributed by atoms with Crippen LogP contribution in [0.5, 0.6) is 0 Å². The zero-order valence-corrected chi connectivity index (χ0v) is 15.1. The van der Waals surface area contributed by atoms with Crippen molar-refractivity contribution in [3.8, 4) is 0 Å². The first-order chi connectivity index (χ1) is 13.3. The largest absolute Gasteiger partial charge is 0.418 e. The van der Waals surface area contributed by atoms with Gasteiger partial charge >= 0.3 is 6.18 Å². The van der Waals surface area contributed by atoms with E-state index in [4.69, 9.17) is 0 Å². The van der Waals surface area contributed by atoms with E-state index in [0.29, 0.717) is 31.7 Å². The number of para-hydroxylation sites is 1. The molecule has 1 aliphatic heterocycles. The summed E-state index contributed by atoms with van der Waals surface area (Å²) in [7, 11) is 0. The highest BCUT2D eigenvalue weighted by Crippen LogP contribution is 2.34. The molecular formula is C20H21F3N3O2+. The number of amides is 2. The molecule has 0 aliphatic carbocycles. The Kier molecular flexibility index (Phi) is 5.99. The fourth-order valence-corrected chi connectivity index (χ4v) is 3.23. The van der Waals surface area contributed by atoms with Crippen molar-refractivity contribution in [1.82, 2.24) is 4.90 Å². The summed E-state index contributed by atoms with van der Waals surface area (Å²) in [5, 5.41) is 2.36. The fourth-order valence-electron chi connectivity index (χ4n) is 3.23. The second-order valence-corrected chi connectivity index (χ2v) is 6.68. The Morgan fingerprint density at radius 2 is 1.57 bits per heavy atom. The molecule has 0 spiro atoms. The highest BCUT2D eigenvalue weighted by Gasteiger charge is 2.34. The number of piperazine rings is 1. The van der Waals surface area contributed by atoms with E-state index in [1.807, 2.05) is 6.07 Å². The summed E-state index contributed by atoms with van der Waals surface area (Å²) in [6, 6.07) is 13.9. The predicted octanol–water partition coefficient (Wildman–Crippen LogP) is 1.68. The van der Waals surface area contributed by atoms with Crippen molar-refractivity contribution >= 4 is 17.5 Å². The standard InChI is InChI=1S/C20H20F3N3O2/c21-20(22,23)16-8-4-5-9-17(16)24-18(27)14-25-10-12-26(13-11-25)19(28)15-6-2-1-3-7-15/h1-9H,10-14H2,(H,24,27)/p+1. The van der Waals surface area contributed by atoms with Crippen LogP contribution in [0.15, 0.2) is 54.6 Å². The van der Waals surface area contributed by atoms with Crippen molar-refractivity contribution in [2.45, 2.75) is 6.18 Å². The lowest BCUT2D eigenvalue weighted by molar-refractivity contribution is -0.895. The minimum atomic E-state index is -4.53. The van der Waals surface area contributed by atoms with Crippen molar-refractivity contribution in [2.75, 3.05) is 38.0 Å². The summed E-state index contributed by atoms with van der Waals surface area (Å²) < 4.78 is 39.1. The molecule has 5 nitrogen and oxygen atoms in total. The highest BCUT2D eigenvalue weighted by atomic mass is 19.4. The summed E-state index contributed by atoms with van der Waals surface area (Å²) in [6.07, 6.45) is -4.53. The number of quaternary nitrogens is 1. The van der Waals surface area contributed by atoms with Crippen LogP contribution >= 0.6 is 0 Å². The van der Waals surface area contributed by atoms with Crippen molar-refractivity contribution in [3.63, 3.8) is 0 Å². The maximum Gasteiger partial charge on any atom is 0.418 e. The molecule has 2 amide bonds. The van der Waals surface area contributed by atoms with Gasteiger partial charge in [0.2, 0.25) is 0 Å². The molecule has 2 aromatic rings. The Morgan fingerprint density at radius 1 is 0.964 bits per heavy atom. The molecule has 8 heteroatoms. The molecule has 2 aromatic carbocycles. The normalized spacial score (nSPS) is 15.3. The average molecular weight is 392 g/mol. The number of nitrogens with zero attached hydrogens (tertiary/aromatic N) is 1. The van der Waals surface area contributed by atoms with E-state index >= 15 is 0 Å². The lowest BCUT2D eigenvalue weighted by Crippen LogP contribution is -3.15. The number of nitrogens with one attached hydrogen (secondary N) is 2. The number of carbonyl (C=O) groups excluding carboxylic acids is 2. The lowest BCUT2D eigenvalue weighted by atomic mass is 10.1. The van der Waals surface area contributed by atoms with Gasteiger partial charge in [0.1, 0.15) is 0 Å². The van der Waals surface area contributed by atoms with E-state index in [1.165, 1.54) is 18.2 Å². The van der Waals surface area contributed by atoms with Gasteiger partial charge in [0.15, 0.2) is 6.54 Å². The lowest BCUT2D eigenvalue weighted by Gasteiger charge is -2.32. The minimum absolute atomic E-state index is 0.0526. The molecule has 3 rings (SSSR count). The van der Waals surface area contributed by atoms with Gasteiger partial charge in [-0.3, -0.25) is 9.59 Å². The fraction of sp³-hybridized carbons (Fsp3) is 0.300. The molecule has 0 bridgehead atoms. The first-order valence-electron chi connectivity index (χ1n) is 8.98. The van der Waals surface area contributed by atoms with E-state index in [0.717, 1.165) is 11.0 Å². The van der Waals surface area contributed by atoms with Gasteiger partial charge in [0, 0.05) is 5.56 Å². The molecule has 0 unspecified atom stereocenters. The van der Waals surface area contributed by atoms with Crippen LogP contribution in [0.25, 0.3) is 0 Å². The molecule has 0 radical (unpaired) electrons. The van der Waals surface area contributed by atoms with Crippen LogP contribution in [-0.2, 0) is 11.0 Å². The van der Waals surface area contributed by atoms with Gasteiger partial charge in [-0.1, -0.05) is 30.3 Å². The number of benzene rings is 2. The zero-order valence-electron chi connectivity index (χ0n) is 15.1. The van der Waals surface area contributed by atoms with Crippen LogP contribution in [0.1, 0.15) is 15.9 Å². The Bertz CT molecular complexity index is 832. The van der Waals surface area contributed by atoms with Gasteiger partial charge in [-0.05, 0) is 24.3 Å². The molecular weight excluding hydrogens is 371 g/mol. The molecule has 148 valence electrons. The Labute approximate surface area is 160 Å². The summed E-state index contributed by atoms with van der Waals surface area (Å²) in [6.45, 7) is 2.17. The van der Waals surface area contributed by atoms with Gasteiger partial charge in [-0.15, -0.1) is 0 Å².